The molecular weight excluding hydrogens is 319 g/mol. The lowest BCUT2D eigenvalue weighted by molar-refractivity contribution is -0.384. The van der Waals surface area contributed by atoms with Crippen molar-refractivity contribution < 1.29 is 4.92 Å². The summed E-state index contributed by atoms with van der Waals surface area (Å²) < 4.78 is 0.888. The molecule has 0 amide bonds. The first kappa shape index (κ1) is 11.4. The molecule has 0 unspecified atom stereocenters. The molecule has 1 aromatic rings. The number of halogens is 1. The van der Waals surface area contributed by atoms with E-state index in [2.05, 4.69) is 40.1 Å². The van der Waals surface area contributed by atoms with E-state index in [1.165, 1.54) is 6.07 Å². The summed E-state index contributed by atoms with van der Waals surface area (Å²) in [5.74, 6) is 0. The zero-order valence-electron chi connectivity index (χ0n) is 8.52. The standard InChI is InChI=1S/C11H11IN2O2/c12-10-7-9(14(15)16)5-6-11(10)13-8-3-1-2-4-8/h1-2,5-8,13H,3-4H2. The predicted octanol–water partition coefficient (Wildman–Crippen LogP) is 3.33. The number of rotatable bonds is 3. The molecule has 4 nitrogen and oxygen atoms in total. The van der Waals surface area contributed by atoms with Gasteiger partial charge in [0, 0.05) is 27.4 Å². The molecule has 1 aliphatic rings. The van der Waals surface area contributed by atoms with Crippen LogP contribution in [0, 0.1) is 13.7 Å². The van der Waals surface area contributed by atoms with Gasteiger partial charge in [0.15, 0.2) is 0 Å². The number of nitrogens with one attached hydrogen (secondary N) is 1. The van der Waals surface area contributed by atoms with Crippen LogP contribution in [0.2, 0.25) is 0 Å². The molecule has 0 atom stereocenters. The van der Waals surface area contributed by atoms with Crippen LogP contribution in [0.25, 0.3) is 0 Å². The van der Waals surface area contributed by atoms with Crippen molar-refractivity contribution in [3.05, 3.63) is 44.0 Å². The molecule has 0 aliphatic heterocycles. The Morgan fingerprint density at radius 2 is 2.06 bits per heavy atom. The predicted molar refractivity (Wildman–Crippen MR) is 71.6 cm³/mol. The Hall–Kier alpha value is -1.11. The van der Waals surface area contributed by atoms with Crippen molar-refractivity contribution in [1.82, 2.24) is 0 Å². The summed E-state index contributed by atoms with van der Waals surface area (Å²) in [7, 11) is 0. The monoisotopic (exact) mass is 330 g/mol. The third-order valence-electron chi connectivity index (χ3n) is 2.53. The lowest BCUT2D eigenvalue weighted by atomic mass is 10.2. The summed E-state index contributed by atoms with van der Waals surface area (Å²) in [5, 5.41) is 14.0. The van der Waals surface area contributed by atoms with Gasteiger partial charge in [-0.2, -0.15) is 0 Å². The number of non-ortho nitro benzene ring substituents is 1. The summed E-state index contributed by atoms with van der Waals surface area (Å²) in [5.41, 5.74) is 1.11. The van der Waals surface area contributed by atoms with Gasteiger partial charge < -0.3 is 5.32 Å². The largest absolute Gasteiger partial charge is 0.381 e. The van der Waals surface area contributed by atoms with E-state index in [1.54, 1.807) is 12.1 Å². The molecule has 5 heteroatoms. The van der Waals surface area contributed by atoms with Gasteiger partial charge in [0.2, 0.25) is 0 Å². The molecule has 0 saturated carbocycles. The normalized spacial score (nSPS) is 15.3. The van der Waals surface area contributed by atoms with Crippen LogP contribution in [0.4, 0.5) is 11.4 Å². The molecule has 0 spiro atoms. The molecule has 16 heavy (non-hydrogen) atoms. The first-order valence-corrected chi connectivity index (χ1v) is 6.10. The van der Waals surface area contributed by atoms with Crippen LogP contribution in [0.1, 0.15) is 12.8 Å². The van der Waals surface area contributed by atoms with Crippen molar-refractivity contribution >= 4 is 34.0 Å². The van der Waals surface area contributed by atoms with Gasteiger partial charge in [-0.3, -0.25) is 10.1 Å². The van der Waals surface area contributed by atoms with Crippen molar-refractivity contribution in [2.24, 2.45) is 0 Å². The fourth-order valence-corrected chi connectivity index (χ4v) is 2.34. The molecular formula is C11H11IN2O2. The van der Waals surface area contributed by atoms with Gasteiger partial charge in [-0.25, -0.2) is 0 Å². The summed E-state index contributed by atoms with van der Waals surface area (Å²) in [4.78, 5) is 10.2. The van der Waals surface area contributed by atoms with Gasteiger partial charge in [0.05, 0.1) is 4.92 Å². The average Bonchev–Trinajstić information content (AvgIpc) is 2.73. The number of nitrogens with zero attached hydrogens (tertiary/aromatic N) is 1. The molecule has 0 radical (unpaired) electrons. The molecule has 1 aromatic carbocycles. The van der Waals surface area contributed by atoms with E-state index in [1.807, 2.05) is 0 Å². The molecule has 0 bridgehead atoms. The Morgan fingerprint density at radius 1 is 1.38 bits per heavy atom. The molecule has 0 heterocycles. The Bertz CT molecular complexity index is 438. The van der Waals surface area contributed by atoms with Gasteiger partial charge in [-0.15, -0.1) is 0 Å². The van der Waals surface area contributed by atoms with Gasteiger partial charge >= 0.3 is 0 Å². The minimum absolute atomic E-state index is 0.138. The van der Waals surface area contributed by atoms with E-state index in [-0.39, 0.29) is 10.6 Å². The number of nitro benzene ring substituents is 1. The third kappa shape index (κ3) is 2.52. The molecule has 2 rings (SSSR count). The van der Waals surface area contributed by atoms with Crippen molar-refractivity contribution in [3.63, 3.8) is 0 Å². The van der Waals surface area contributed by atoms with E-state index in [9.17, 15) is 10.1 Å². The van der Waals surface area contributed by atoms with E-state index in [0.29, 0.717) is 6.04 Å². The van der Waals surface area contributed by atoms with Gasteiger partial charge in [-0.1, -0.05) is 12.2 Å². The van der Waals surface area contributed by atoms with Crippen LogP contribution in [0.3, 0.4) is 0 Å². The van der Waals surface area contributed by atoms with E-state index >= 15 is 0 Å². The maximum Gasteiger partial charge on any atom is 0.270 e. The second-order valence-electron chi connectivity index (χ2n) is 3.71. The van der Waals surface area contributed by atoms with Crippen molar-refractivity contribution in [1.29, 1.82) is 0 Å². The smallest absolute Gasteiger partial charge is 0.270 e. The summed E-state index contributed by atoms with van der Waals surface area (Å²) >= 11 is 2.12. The highest BCUT2D eigenvalue weighted by molar-refractivity contribution is 14.1. The highest BCUT2D eigenvalue weighted by atomic mass is 127. The molecule has 0 fully saturated rings. The molecule has 84 valence electrons. The minimum atomic E-state index is -0.372. The second-order valence-corrected chi connectivity index (χ2v) is 4.87. The Morgan fingerprint density at radius 3 is 2.62 bits per heavy atom. The van der Waals surface area contributed by atoms with Crippen LogP contribution in [0.15, 0.2) is 30.4 Å². The average molecular weight is 330 g/mol. The van der Waals surface area contributed by atoms with Gasteiger partial charge in [-0.05, 0) is 41.5 Å². The lowest BCUT2D eigenvalue weighted by Gasteiger charge is -2.14. The number of nitro groups is 1. The summed E-state index contributed by atoms with van der Waals surface area (Å²) in [6.07, 6.45) is 6.34. The van der Waals surface area contributed by atoms with Gasteiger partial charge in [0.25, 0.3) is 5.69 Å². The Balaban J connectivity index is 2.12. The third-order valence-corrected chi connectivity index (χ3v) is 3.42. The second kappa shape index (κ2) is 4.82. The molecule has 0 saturated heterocycles. The highest BCUT2D eigenvalue weighted by Crippen LogP contribution is 2.26. The zero-order valence-corrected chi connectivity index (χ0v) is 10.7. The number of anilines is 1. The van der Waals surface area contributed by atoms with E-state index in [4.69, 9.17) is 0 Å². The number of benzene rings is 1. The molecule has 1 aliphatic carbocycles. The van der Waals surface area contributed by atoms with Crippen molar-refractivity contribution in [2.45, 2.75) is 18.9 Å². The van der Waals surface area contributed by atoms with Crippen molar-refractivity contribution in [3.8, 4) is 0 Å². The van der Waals surface area contributed by atoms with Crippen molar-refractivity contribution in [2.75, 3.05) is 5.32 Å². The van der Waals surface area contributed by atoms with Crippen LogP contribution in [-0.2, 0) is 0 Å². The first-order valence-electron chi connectivity index (χ1n) is 5.02. The topological polar surface area (TPSA) is 55.2 Å². The van der Waals surface area contributed by atoms with Crippen LogP contribution in [0.5, 0.6) is 0 Å². The molecule has 0 aromatic heterocycles. The summed E-state index contributed by atoms with van der Waals surface area (Å²) in [6.45, 7) is 0. The number of hydrogen-bond donors (Lipinski definition) is 1. The SMILES string of the molecule is O=[N+]([O-])c1ccc(NC2CC=CC2)c(I)c1. The van der Waals surface area contributed by atoms with Crippen LogP contribution >= 0.6 is 22.6 Å². The Kier molecular flexibility index (Phi) is 3.42. The van der Waals surface area contributed by atoms with Gasteiger partial charge in [0.1, 0.15) is 0 Å². The quantitative estimate of drug-likeness (QED) is 0.400. The van der Waals surface area contributed by atoms with Crippen LogP contribution in [-0.4, -0.2) is 11.0 Å². The van der Waals surface area contributed by atoms with E-state index in [0.717, 1.165) is 22.1 Å². The summed E-state index contributed by atoms with van der Waals surface area (Å²) in [6, 6.07) is 5.33. The fourth-order valence-electron chi connectivity index (χ4n) is 1.69. The molecule has 1 N–H and O–H groups in total. The van der Waals surface area contributed by atoms with E-state index < -0.39 is 0 Å². The lowest BCUT2D eigenvalue weighted by Crippen LogP contribution is -2.15. The zero-order chi connectivity index (χ0) is 11.5. The number of hydrogen-bond acceptors (Lipinski definition) is 3. The highest BCUT2D eigenvalue weighted by Gasteiger charge is 2.13. The van der Waals surface area contributed by atoms with Crippen LogP contribution < -0.4 is 5.32 Å². The first-order chi connectivity index (χ1) is 7.66. The fraction of sp³-hybridized carbons (Fsp3) is 0.273. The minimum Gasteiger partial charge on any atom is -0.381 e. The maximum absolute atomic E-state index is 10.6. The Labute approximate surface area is 107 Å². The maximum atomic E-state index is 10.6.